The number of ether oxygens (including phenoxy) is 1. The van der Waals surface area contributed by atoms with Gasteiger partial charge in [-0.1, -0.05) is 19.3 Å². The summed E-state index contributed by atoms with van der Waals surface area (Å²) in [5, 5.41) is 1.56. The van der Waals surface area contributed by atoms with Crippen molar-refractivity contribution in [1.29, 1.82) is 0 Å². The van der Waals surface area contributed by atoms with Gasteiger partial charge in [-0.2, -0.15) is 0 Å². The summed E-state index contributed by atoms with van der Waals surface area (Å²) in [6.45, 7) is 3.55. The van der Waals surface area contributed by atoms with E-state index in [1.54, 1.807) is 12.1 Å². The molecule has 3 rings (SSSR count). The molecule has 168 valence electrons. The van der Waals surface area contributed by atoms with Gasteiger partial charge in [-0.25, -0.2) is 15.5 Å². The van der Waals surface area contributed by atoms with Gasteiger partial charge in [-0.3, -0.25) is 4.72 Å². The van der Waals surface area contributed by atoms with Crippen molar-refractivity contribution in [3.63, 3.8) is 0 Å². The molecule has 0 aliphatic heterocycles. The van der Waals surface area contributed by atoms with Gasteiger partial charge in [0.05, 0.1) is 35.4 Å². The first kappa shape index (κ1) is 23.2. The lowest BCUT2D eigenvalue weighted by Gasteiger charge is -2.24. The van der Waals surface area contributed by atoms with E-state index < -0.39 is 0 Å². The molecule has 1 aromatic heterocycles. The van der Waals surface area contributed by atoms with Crippen molar-refractivity contribution in [2.45, 2.75) is 70.8 Å². The van der Waals surface area contributed by atoms with Crippen LogP contribution in [0.1, 0.15) is 69.2 Å². The SMILES string of the molecule is Cc1nc(/C(N)=C(\CNSNCC2CCCC2)N(C)N)ccc1OC1CCCCC1. The highest BCUT2D eigenvalue weighted by Gasteiger charge is 2.18. The second-order valence-electron chi connectivity index (χ2n) is 8.55. The molecule has 1 heterocycles. The molecule has 30 heavy (non-hydrogen) atoms. The zero-order valence-corrected chi connectivity index (χ0v) is 19.3. The van der Waals surface area contributed by atoms with E-state index in [0.29, 0.717) is 18.3 Å². The van der Waals surface area contributed by atoms with E-state index in [-0.39, 0.29) is 0 Å². The molecule has 2 aliphatic carbocycles. The fourth-order valence-electron chi connectivity index (χ4n) is 4.27. The highest BCUT2D eigenvalue weighted by atomic mass is 32.2. The lowest BCUT2D eigenvalue weighted by atomic mass is 9.98. The van der Waals surface area contributed by atoms with Gasteiger partial charge in [0.1, 0.15) is 5.75 Å². The van der Waals surface area contributed by atoms with E-state index in [2.05, 4.69) is 9.44 Å². The highest BCUT2D eigenvalue weighted by molar-refractivity contribution is 7.95. The van der Waals surface area contributed by atoms with Gasteiger partial charge < -0.3 is 15.5 Å². The standard InChI is InChI=1S/C22H38N6OS/c1-16-21(29-18-10-4-3-5-11-18)13-12-19(27-16)22(23)20(28(2)24)15-26-30-25-14-17-8-6-7-9-17/h12-13,17-18,25-26H,3-11,14-15,23-24H2,1-2H3/b22-20-. The van der Waals surface area contributed by atoms with Gasteiger partial charge in [0.2, 0.25) is 0 Å². The number of pyridine rings is 1. The molecule has 8 heteroatoms. The van der Waals surface area contributed by atoms with Crippen LogP contribution in [0.25, 0.3) is 5.70 Å². The van der Waals surface area contributed by atoms with Gasteiger partial charge in [-0.15, -0.1) is 0 Å². The molecule has 0 aromatic carbocycles. The van der Waals surface area contributed by atoms with Crippen LogP contribution in [0.15, 0.2) is 17.8 Å². The fourth-order valence-corrected chi connectivity index (χ4v) is 4.90. The molecule has 2 saturated carbocycles. The molecular formula is C22H38N6OS. The molecular weight excluding hydrogens is 396 g/mol. The van der Waals surface area contributed by atoms with E-state index in [0.717, 1.165) is 48.1 Å². The Balaban J connectivity index is 1.56. The number of hydrazine groups is 1. The van der Waals surface area contributed by atoms with E-state index >= 15 is 0 Å². The number of nitrogens with zero attached hydrogens (tertiary/aromatic N) is 2. The molecule has 0 atom stereocenters. The number of likely N-dealkylation sites (N-methyl/N-ethyl adjacent to an activating group) is 1. The van der Waals surface area contributed by atoms with Crippen LogP contribution in [-0.4, -0.2) is 36.2 Å². The summed E-state index contributed by atoms with van der Waals surface area (Å²) in [6.07, 6.45) is 11.8. The minimum atomic E-state index is 0.307. The molecule has 0 amide bonds. The Hall–Kier alpha value is -1.48. The minimum absolute atomic E-state index is 0.307. The Bertz CT molecular complexity index is 699. The topological polar surface area (TPSA) is 101 Å². The maximum atomic E-state index is 6.44. The number of nitrogens with one attached hydrogen (secondary N) is 2. The third-order valence-corrected chi connectivity index (χ3v) is 6.73. The molecule has 0 bridgehead atoms. The molecule has 1 aromatic rings. The molecule has 0 saturated heterocycles. The van der Waals surface area contributed by atoms with Gasteiger partial charge in [-0.05, 0) is 63.5 Å². The zero-order valence-electron chi connectivity index (χ0n) is 18.5. The molecule has 7 nitrogen and oxygen atoms in total. The molecule has 6 N–H and O–H groups in total. The van der Waals surface area contributed by atoms with Gasteiger partial charge in [0, 0.05) is 25.7 Å². The maximum absolute atomic E-state index is 6.44. The summed E-state index contributed by atoms with van der Waals surface area (Å²) in [7, 11) is 1.80. The van der Waals surface area contributed by atoms with Crippen LogP contribution >= 0.6 is 12.1 Å². The van der Waals surface area contributed by atoms with Crippen molar-refractivity contribution in [1.82, 2.24) is 19.4 Å². The summed E-state index contributed by atoms with van der Waals surface area (Å²) >= 11 is 1.51. The molecule has 0 radical (unpaired) electrons. The van der Waals surface area contributed by atoms with Crippen LogP contribution in [0.2, 0.25) is 0 Å². The van der Waals surface area contributed by atoms with Gasteiger partial charge in [0.15, 0.2) is 0 Å². The van der Waals surface area contributed by atoms with Crippen LogP contribution in [-0.2, 0) is 0 Å². The normalized spacial score (nSPS) is 19.0. The first-order valence-corrected chi connectivity index (χ1v) is 12.1. The van der Waals surface area contributed by atoms with E-state index in [1.165, 1.54) is 57.1 Å². The predicted octanol–water partition coefficient (Wildman–Crippen LogP) is 3.47. The summed E-state index contributed by atoms with van der Waals surface area (Å²) < 4.78 is 12.9. The van der Waals surface area contributed by atoms with Crippen LogP contribution in [0.4, 0.5) is 0 Å². The van der Waals surface area contributed by atoms with Crippen molar-refractivity contribution in [2.24, 2.45) is 17.5 Å². The largest absolute Gasteiger partial charge is 0.489 e. The zero-order chi connectivity index (χ0) is 21.3. The summed E-state index contributed by atoms with van der Waals surface area (Å²) in [5.41, 5.74) is 9.41. The average Bonchev–Trinajstić information content (AvgIpc) is 3.26. The summed E-state index contributed by atoms with van der Waals surface area (Å²) in [4.78, 5) is 4.70. The van der Waals surface area contributed by atoms with Crippen LogP contribution < -0.4 is 25.8 Å². The Morgan fingerprint density at radius 2 is 1.83 bits per heavy atom. The number of aryl methyl sites for hydroxylation is 1. The molecule has 0 unspecified atom stereocenters. The molecule has 2 aliphatic rings. The Morgan fingerprint density at radius 1 is 1.13 bits per heavy atom. The summed E-state index contributed by atoms with van der Waals surface area (Å²) in [5.74, 6) is 7.71. The summed E-state index contributed by atoms with van der Waals surface area (Å²) in [6, 6.07) is 3.91. The highest BCUT2D eigenvalue weighted by Crippen LogP contribution is 2.26. The molecule has 0 spiro atoms. The lowest BCUT2D eigenvalue weighted by molar-refractivity contribution is 0.153. The maximum Gasteiger partial charge on any atom is 0.140 e. The van der Waals surface area contributed by atoms with Crippen molar-refractivity contribution in [2.75, 3.05) is 20.1 Å². The Morgan fingerprint density at radius 3 is 2.50 bits per heavy atom. The number of hydrogen-bond acceptors (Lipinski definition) is 8. The predicted molar refractivity (Wildman–Crippen MR) is 125 cm³/mol. The third-order valence-electron chi connectivity index (χ3n) is 6.13. The smallest absolute Gasteiger partial charge is 0.140 e. The second kappa shape index (κ2) is 11.8. The first-order chi connectivity index (χ1) is 14.5. The fraction of sp³-hybridized carbons (Fsp3) is 0.682. The van der Waals surface area contributed by atoms with Crippen molar-refractivity contribution in [3.05, 3.63) is 29.2 Å². The van der Waals surface area contributed by atoms with Crippen molar-refractivity contribution >= 4 is 17.8 Å². The van der Waals surface area contributed by atoms with E-state index in [9.17, 15) is 0 Å². The number of rotatable bonds is 10. The number of hydrogen-bond donors (Lipinski definition) is 4. The monoisotopic (exact) mass is 434 g/mol. The second-order valence-corrected chi connectivity index (χ2v) is 9.33. The minimum Gasteiger partial charge on any atom is -0.489 e. The van der Waals surface area contributed by atoms with E-state index in [4.69, 9.17) is 21.3 Å². The molecule has 2 fully saturated rings. The number of aromatic nitrogens is 1. The quantitative estimate of drug-likeness (QED) is 0.192. The first-order valence-electron chi connectivity index (χ1n) is 11.3. The van der Waals surface area contributed by atoms with E-state index in [1.807, 2.05) is 19.1 Å². The number of nitrogens with two attached hydrogens (primary N) is 2. The third kappa shape index (κ3) is 6.77. The van der Waals surface area contributed by atoms with Crippen molar-refractivity contribution < 1.29 is 4.74 Å². The lowest BCUT2D eigenvalue weighted by Crippen LogP contribution is -2.33. The Labute approximate surface area is 185 Å². The van der Waals surface area contributed by atoms with Gasteiger partial charge in [0.25, 0.3) is 0 Å². The van der Waals surface area contributed by atoms with Crippen LogP contribution in [0, 0.1) is 12.8 Å². The van der Waals surface area contributed by atoms with Crippen molar-refractivity contribution in [3.8, 4) is 5.75 Å². The Kier molecular flexibility index (Phi) is 9.11. The average molecular weight is 435 g/mol. The van der Waals surface area contributed by atoms with Crippen LogP contribution in [0.3, 0.4) is 0 Å². The van der Waals surface area contributed by atoms with Crippen LogP contribution in [0.5, 0.6) is 5.75 Å². The van der Waals surface area contributed by atoms with Gasteiger partial charge >= 0.3 is 0 Å².